The Morgan fingerprint density at radius 3 is 2.37 bits per heavy atom. The quantitative estimate of drug-likeness (QED) is 0.808. The summed E-state index contributed by atoms with van der Waals surface area (Å²) in [5, 5.41) is 0.680. The van der Waals surface area contributed by atoms with Crippen molar-refractivity contribution in [2.24, 2.45) is 0 Å². The smallest absolute Gasteiger partial charge is 0.223 e. The van der Waals surface area contributed by atoms with Crippen molar-refractivity contribution in [3.63, 3.8) is 0 Å². The number of carbonyl (C=O) groups excluding carboxylic acids is 2. The van der Waals surface area contributed by atoms with E-state index < -0.39 is 0 Å². The third kappa shape index (κ3) is 3.74. The summed E-state index contributed by atoms with van der Waals surface area (Å²) in [6.07, 6.45) is 4.75. The molecule has 1 aromatic carbocycles. The number of benzene rings is 1. The molecule has 142 valence electrons. The second-order valence-corrected chi connectivity index (χ2v) is 7.69. The molecule has 4 rings (SSSR count). The van der Waals surface area contributed by atoms with Crippen LogP contribution < -0.4 is 0 Å². The van der Waals surface area contributed by atoms with Crippen LogP contribution in [0.15, 0.2) is 42.6 Å². The SMILES string of the molecule is O=C(CCC(=O)N1CCn2cccc2C1c1ccc(Cl)cc1)N1CCCC1. The molecule has 2 amide bonds. The first kappa shape index (κ1) is 18.1. The largest absolute Gasteiger partial charge is 0.348 e. The van der Waals surface area contributed by atoms with Gasteiger partial charge in [0.15, 0.2) is 0 Å². The van der Waals surface area contributed by atoms with E-state index in [2.05, 4.69) is 16.8 Å². The van der Waals surface area contributed by atoms with Crippen molar-refractivity contribution in [1.29, 1.82) is 0 Å². The van der Waals surface area contributed by atoms with E-state index in [1.165, 1.54) is 0 Å². The molecule has 6 heteroatoms. The molecule has 2 aliphatic rings. The van der Waals surface area contributed by atoms with Crippen LogP contribution in [0.5, 0.6) is 0 Å². The number of hydrogen-bond donors (Lipinski definition) is 0. The van der Waals surface area contributed by atoms with Gasteiger partial charge in [-0.1, -0.05) is 23.7 Å². The molecule has 27 heavy (non-hydrogen) atoms. The van der Waals surface area contributed by atoms with Gasteiger partial charge in [-0.2, -0.15) is 0 Å². The summed E-state index contributed by atoms with van der Waals surface area (Å²) in [7, 11) is 0. The van der Waals surface area contributed by atoms with Crippen LogP contribution in [0.4, 0.5) is 0 Å². The summed E-state index contributed by atoms with van der Waals surface area (Å²) >= 11 is 6.05. The predicted octanol–water partition coefficient (Wildman–Crippen LogP) is 3.48. The van der Waals surface area contributed by atoms with Crippen molar-refractivity contribution in [3.05, 3.63) is 58.9 Å². The molecule has 1 saturated heterocycles. The molecular weight excluding hydrogens is 362 g/mol. The van der Waals surface area contributed by atoms with Crippen LogP contribution in [0.3, 0.4) is 0 Å². The lowest BCUT2D eigenvalue weighted by molar-refractivity contribution is -0.138. The minimum Gasteiger partial charge on any atom is -0.348 e. The third-order valence-electron chi connectivity index (χ3n) is 5.56. The Morgan fingerprint density at radius 2 is 1.63 bits per heavy atom. The van der Waals surface area contributed by atoms with Crippen molar-refractivity contribution in [1.82, 2.24) is 14.4 Å². The lowest BCUT2D eigenvalue weighted by Gasteiger charge is -2.37. The zero-order valence-corrected chi connectivity index (χ0v) is 16.1. The minimum atomic E-state index is -0.139. The Balaban J connectivity index is 1.52. The number of fused-ring (bicyclic) bond motifs is 1. The van der Waals surface area contributed by atoms with Crippen LogP contribution in [0.2, 0.25) is 5.02 Å². The molecule has 0 aliphatic carbocycles. The lowest BCUT2D eigenvalue weighted by atomic mass is 9.99. The number of carbonyl (C=O) groups is 2. The van der Waals surface area contributed by atoms with E-state index in [9.17, 15) is 9.59 Å². The van der Waals surface area contributed by atoms with Crippen molar-refractivity contribution in [2.75, 3.05) is 19.6 Å². The third-order valence-corrected chi connectivity index (χ3v) is 5.81. The Labute approximate surface area is 164 Å². The first-order chi connectivity index (χ1) is 13.1. The van der Waals surface area contributed by atoms with Crippen LogP contribution in [-0.4, -0.2) is 45.8 Å². The Bertz CT molecular complexity index is 824. The van der Waals surface area contributed by atoms with Crippen LogP contribution in [0.1, 0.15) is 43.0 Å². The van der Waals surface area contributed by atoms with E-state index in [0.29, 0.717) is 18.0 Å². The Hall–Kier alpha value is -2.27. The average Bonchev–Trinajstić information content (AvgIpc) is 3.37. The number of halogens is 1. The first-order valence-electron chi connectivity index (χ1n) is 9.61. The maximum atomic E-state index is 13.0. The van der Waals surface area contributed by atoms with Gasteiger partial charge in [-0.05, 0) is 42.7 Å². The van der Waals surface area contributed by atoms with Gasteiger partial charge < -0.3 is 14.4 Å². The first-order valence-corrected chi connectivity index (χ1v) is 9.99. The van der Waals surface area contributed by atoms with Crippen LogP contribution in [0, 0.1) is 0 Å². The molecule has 1 unspecified atom stereocenters. The second-order valence-electron chi connectivity index (χ2n) is 7.26. The van der Waals surface area contributed by atoms with Crippen molar-refractivity contribution in [3.8, 4) is 0 Å². The van der Waals surface area contributed by atoms with Gasteiger partial charge in [0, 0.05) is 55.9 Å². The number of likely N-dealkylation sites (tertiary alicyclic amines) is 1. The van der Waals surface area contributed by atoms with Gasteiger partial charge >= 0.3 is 0 Å². The van der Waals surface area contributed by atoms with E-state index in [4.69, 9.17) is 11.6 Å². The van der Waals surface area contributed by atoms with E-state index in [0.717, 1.165) is 43.7 Å². The van der Waals surface area contributed by atoms with Gasteiger partial charge in [0.25, 0.3) is 0 Å². The van der Waals surface area contributed by atoms with E-state index in [1.807, 2.05) is 40.1 Å². The topological polar surface area (TPSA) is 45.6 Å². The molecule has 0 radical (unpaired) electrons. The van der Waals surface area contributed by atoms with Crippen molar-refractivity contribution >= 4 is 23.4 Å². The highest BCUT2D eigenvalue weighted by Gasteiger charge is 2.32. The summed E-state index contributed by atoms with van der Waals surface area (Å²) in [4.78, 5) is 29.1. The summed E-state index contributed by atoms with van der Waals surface area (Å²) in [6, 6.07) is 11.6. The maximum Gasteiger partial charge on any atom is 0.223 e. The molecule has 0 N–H and O–H groups in total. The van der Waals surface area contributed by atoms with Gasteiger partial charge in [-0.25, -0.2) is 0 Å². The van der Waals surface area contributed by atoms with Crippen molar-refractivity contribution in [2.45, 2.75) is 38.3 Å². The highest BCUT2D eigenvalue weighted by molar-refractivity contribution is 6.30. The fourth-order valence-electron chi connectivity index (χ4n) is 4.13. The molecule has 5 nitrogen and oxygen atoms in total. The fraction of sp³-hybridized carbons (Fsp3) is 0.429. The number of hydrogen-bond acceptors (Lipinski definition) is 2. The van der Waals surface area contributed by atoms with Gasteiger partial charge in [0.1, 0.15) is 0 Å². The summed E-state index contributed by atoms with van der Waals surface area (Å²) in [5.41, 5.74) is 2.14. The average molecular weight is 386 g/mol. The van der Waals surface area contributed by atoms with Crippen LogP contribution in [0.25, 0.3) is 0 Å². The molecule has 1 aromatic heterocycles. The van der Waals surface area contributed by atoms with Gasteiger partial charge in [-0.3, -0.25) is 9.59 Å². The molecule has 2 aromatic rings. The molecule has 3 heterocycles. The monoisotopic (exact) mass is 385 g/mol. The second kappa shape index (κ2) is 7.77. The lowest BCUT2D eigenvalue weighted by Crippen LogP contribution is -2.42. The number of aromatic nitrogens is 1. The predicted molar refractivity (Wildman–Crippen MR) is 104 cm³/mol. The Morgan fingerprint density at radius 1 is 0.926 bits per heavy atom. The normalized spacial score (nSPS) is 19.2. The zero-order valence-electron chi connectivity index (χ0n) is 15.3. The molecule has 0 bridgehead atoms. The van der Waals surface area contributed by atoms with Gasteiger partial charge in [-0.15, -0.1) is 0 Å². The van der Waals surface area contributed by atoms with E-state index in [1.54, 1.807) is 0 Å². The maximum absolute atomic E-state index is 13.0. The van der Waals surface area contributed by atoms with Crippen LogP contribution >= 0.6 is 11.6 Å². The molecular formula is C21H24ClN3O2. The van der Waals surface area contributed by atoms with Crippen molar-refractivity contribution < 1.29 is 9.59 Å². The van der Waals surface area contributed by atoms with Crippen LogP contribution in [-0.2, 0) is 16.1 Å². The molecule has 0 saturated carbocycles. The highest BCUT2D eigenvalue weighted by atomic mass is 35.5. The summed E-state index contributed by atoms with van der Waals surface area (Å²) in [5.74, 6) is 0.138. The minimum absolute atomic E-state index is 0.0370. The van der Waals surface area contributed by atoms with Gasteiger partial charge in [0.2, 0.25) is 11.8 Å². The summed E-state index contributed by atoms with van der Waals surface area (Å²) in [6.45, 7) is 3.08. The number of amides is 2. The number of nitrogens with zero attached hydrogens (tertiary/aromatic N) is 3. The standard InChI is InChI=1S/C21H24ClN3O2/c22-17-7-5-16(6-8-17)21-18-4-3-13-23(18)14-15-25(21)20(27)10-9-19(26)24-11-1-2-12-24/h3-8,13,21H,1-2,9-12,14-15H2. The Kier molecular flexibility index (Phi) is 5.21. The molecule has 1 fully saturated rings. The van der Waals surface area contributed by atoms with Gasteiger partial charge in [0.05, 0.1) is 6.04 Å². The molecule has 2 aliphatic heterocycles. The summed E-state index contributed by atoms with van der Waals surface area (Å²) < 4.78 is 2.19. The number of rotatable bonds is 4. The van der Waals surface area contributed by atoms with E-state index >= 15 is 0 Å². The molecule has 1 atom stereocenters. The highest BCUT2D eigenvalue weighted by Crippen LogP contribution is 2.33. The molecule has 0 spiro atoms. The van der Waals surface area contributed by atoms with E-state index in [-0.39, 0.29) is 24.3 Å². The zero-order chi connectivity index (χ0) is 18.8. The fourth-order valence-corrected chi connectivity index (χ4v) is 4.26.